The number of ether oxygens (including phenoxy) is 2. The summed E-state index contributed by atoms with van der Waals surface area (Å²) >= 11 is 1.36. The fraction of sp³-hybridized carbons (Fsp3) is 0.217. The van der Waals surface area contributed by atoms with Crippen molar-refractivity contribution in [2.45, 2.75) is 18.7 Å². The molecule has 2 heterocycles. The number of aromatic nitrogens is 1. The van der Waals surface area contributed by atoms with Crippen molar-refractivity contribution in [1.29, 1.82) is 5.26 Å². The third kappa shape index (κ3) is 4.23. The molecule has 0 atom stereocenters. The van der Waals surface area contributed by atoms with Crippen LogP contribution in [0.5, 0.6) is 11.5 Å². The summed E-state index contributed by atoms with van der Waals surface area (Å²) in [5.41, 5.74) is 2.62. The van der Waals surface area contributed by atoms with E-state index in [9.17, 15) is 14.4 Å². The van der Waals surface area contributed by atoms with Crippen LogP contribution in [-0.4, -0.2) is 29.4 Å². The van der Waals surface area contributed by atoms with Crippen molar-refractivity contribution in [3.63, 3.8) is 0 Å². The van der Waals surface area contributed by atoms with Gasteiger partial charge in [-0.1, -0.05) is 0 Å². The van der Waals surface area contributed by atoms with Crippen LogP contribution in [0.2, 0.25) is 0 Å². The number of nitriles is 1. The predicted molar refractivity (Wildman–Crippen MR) is 117 cm³/mol. The van der Waals surface area contributed by atoms with Crippen LogP contribution in [0.15, 0.2) is 47.4 Å². The maximum absolute atomic E-state index is 13.4. The first-order valence-corrected chi connectivity index (χ1v) is 10.7. The second-order valence-corrected chi connectivity index (χ2v) is 8.05. The van der Waals surface area contributed by atoms with Crippen LogP contribution in [0.3, 0.4) is 0 Å². The lowest BCUT2D eigenvalue weighted by atomic mass is 10.2. The number of benzene rings is 2. The number of halogens is 1. The van der Waals surface area contributed by atoms with Gasteiger partial charge < -0.3 is 14.8 Å². The predicted octanol–water partition coefficient (Wildman–Crippen LogP) is 4.61. The van der Waals surface area contributed by atoms with Crippen LogP contribution in [0.4, 0.5) is 10.2 Å². The summed E-state index contributed by atoms with van der Waals surface area (Å²) in [5.74, 6) is 1.29. The zero-order chi connectivity index (χ0) is 22.0. The molecule has 3 aromatic rings. The lowest BCUT2D eigenvalue weighted by Crippen LogP contribution is -2.18. The lowest BCUT2D eigenvalue weighted by molar-refractivity contribution is -0.113. The second-order valence-electron chi connectivity index (χ2n) is 7.00. The zero-order valence-corrected chi connectivity index (χ0v) is 17.9. The third-order valence-electron chi connectivity index (χ3n) is 5.05. The lowest BCUT2D eigenvalue weighted by Gasteiger charge is -2.18. The minimum atomic E-state index is -0.354. The van der Waals surface area contributed by atoms with Crippen LogP contribution in [0.1, 0.15) is 16.8 Å². The molecule has 0 radical (unpaired) electrons. The standard InChI is InChI=1S/C23H20FN3O3S/c1-14-15(2)27(17-5-3-16(24)4-6-17)23(19(14)12-25)26-22(28)13-31-18-7-8-20-21(11-18)30-10-9-29-20/h3-8,11H,9-10,13H2,1-2H3,(H,26,28). The van der Waals surface area contributed by atoms with Gasteiger partial charge in [0.2, 0.25) is 5.91 Å². The van der Waals surface area contributed by atoms with E-state index in [1.54, 1.807) is 16.7 Å². The minimum absolute atomic E-state index is 0.150. The fourth-order valence-electron chi connectivity index (χ4n) is 3.40. The number of amides is 1. The first kappa shape index (κ1) is 20.8. The Hall–Kier alpha value is -3.44. The van der Waals surface area contributed by atoms with Gasteiger partial charge in [0, 0.05) is 16.3 Å². The molecule has 2 aromatic carbocycles. The normalized spacial score (nSPS) is 12.3. The van der Waals surface area contributed by atoms with Crippen LogP contribution in [0.25, 0.3) is 5.69 Å². The van der Waals surface area contributed by atoms with Gasteiger partial charge in [0.15, 0.2) is 11.5 Å². The molecule has 0 saturated heterocycles. The Labute approximate surface area is 183 Å². The van der Waals surface area contributed by atoms with Gasteiger partial charge in [0.1, 0.15) is 30.9 Å². The van der Waals surface area contributed by atoms with E-state index in [2.05, 4.69) is 11.4 Å². The van der Waals surface area contributed by atoms with Gasteiger partial charge in [0.25, 0.3) is 0 Å². The van der Waals surface area contributed by atoms with Crippen molar-refractivity contribution in [3.8, 4) is 23.3 Å². The van der Waals surface area contributed by atoms with Crippen LogP contribution in [0, 0.1) is 31.0 Å². The van der Waals surface area contributed by atoms with Gasteiger partial charge in [-0.3, -0.25) is 9.36 Å². The Morgan fingerprint density at radius 2 is 1.87 bits per heavy atom. The number of nitrogens with zero attached hydrogens (tertiary/aromatic N) is 2. The summed E-state index contributed by atoms with van der Waals surface area (Å²) in [4.78, 5) is 13.6. The maximum atomic E-state index is 13.4. The Balaban J connectivity index is 1.54. The molecule has 1 aliphatic rings. The van der Waals surface area contributed by atoms with Gasteiger partial charge in [0.05, 0.1) is 11.3 Å². The SMILES string of the molecule is Cc1c(C#N)c(NC(=O)CSc2ccc3c(c2)OCCO3)n(-c2ccc(F)cc2)c1C. The number of hydrogen-bond acceptors (Lipinski definition) is 5. The minimum Gasteiger partial charge on any atom is -0.486 e. The van der Waals surface area contributed by atoms with E-state index >= 15 is 0 Å². The van der Waals surface area contributed by atoms with E-state index in [0.29, 0.717) is 41.8 Å². The summed E-state index contributed by atoms with van der Waals surface area (Å²) in [6.07, 6.45) is 0. The molecule has 1 amide bonds. The van der Waals surface area contributed by atoms with Crippen molar-refractivity contribution >= 4 is 23.5 Å². The molecule has 8 heteroatoms. The smallest absolute Gasteiger partial charge is 0.235 e. The van der Waals surface area contributed by atoms with E-state index in [0.717, 1.165) is 16.2 Å². The quantitative estimate of drug-likeness (QED) is 0.590. The maximum Gasteiger partial charge on any atom is 0.235 e. The van der Waals surface area contributed by atoms with Crippen LogP contribution in [-0.2, 0) is 4.79 Å². The summed E-state index contributed by atoms with van der Waals surface area (Å²) in [7, 11) is 0. The number of nitrogens with one attached hydrogen (secondary N) is 1. The summed E-state index contributed by atoms with van der Waals surface area (Å²) in [6.45, 7) is 4.71. The number of rotatable bonds is 5. The van der Waals surface area contributed by atoms with E-state index in [-0.39, 0.29) is 17.5 Å². The van der Waals surface area contributed by atoms with Gasteiger partial charge in [-0.05, 0) is 61.9 Å². The number of fused-ring (bicyclic) bond motifs is 1. The second kappa shape index (κ2) is 8.74. The van der Waals surface area contributed by atoms with E-state index < -0.39 is 0 Å². The molecule has 1 N–H and O–H groups in total. The molecule has 4 rings (SSSR count). The highest BCUT2D eigenvalue weighted by Gasteiger charge is 2.21. The number of carbonyl (C=O) groups excluding carboxylic acids is 1. The average Bonchev–Trinajstić information content (AvgIpc) is 3.01. The monoisotopic (exact) mass is 437 g/mol. The molecule has 0 saturated carbocycles. The summed E-state index contributed by atoms with van der Waals surface area (Å²) in [5, 5.41) is 12.5. The van der Waals surface area contributed by atoms with Crippen molar-refractivity contribution < 1.29 is 18.7 Å². The molecular weight excluding hydrogens is 417 g/mol. The molecule has 0 fully saturated rings. The number of anilines is 1. The van der Waals surface area contributed by atoms with Crippen molar-refractivity contribution in [3.05, 3.63) is 65.1 Å². The molecule has 1 aromatic heterocycles. The van der Waals surface area contributed by atoms with E-state index in [1.165, 1.54) is 23.9 Å². The average molecular weight is 437 g/mol. The molecule has 31 heavy (non-hydrogen) atoms. The number of thioether (sulfide) groups is 1. The summed E-state index contributed by atoms with van der Waals surface area (Å²) in [6, 6.07) is 13.6. The molecular formula is C23H20FN3O3S. The van der Waals surface area contributed by atoms with Gasteiger partial charge in [-0.25, -0.2) is 4.39 Å². The summed E-state index contributed by atoms with van der Waals surface area (Å²) < 4.78 is 26.2. The molecule has 0 unspecified atom stereocenters. The van der Waals surface area contributed by atoms with Crippen molar-refractivity contribution in [2.75, 3.05) is 24.3 Å². The molecule has 0 spiro atoms. The Morgan fingerprint density at radius 1 is 1.16 bits per heavy atom. The molecule has 6 nitrogen and oxygen atoms in total. The first-order valence-electron chi connectivity index (χ1n) is 9.68. The molecule has 1 aliphatic heterocycles. The highest BCUT2D eigenvalue weighted by molar-refractivity contribution is 8.00. The Bertz CT molecular complexity index is 1180. The number of carbonyl (C=O) groups is 1. The van der Waals surface area contributed by atoms with Crippen molar-refractivity contribution in [1.82, 2.24) is 4.57 Å². The van der Waals surface area contributed by atoms with Gasteiger partial charge in [-0.15, -0.1) is 11.8 Å². The van der Waals surface area contributed by atoms with Crippen LogP contribution < -0.4 is 14.8 Å². The molecule has 0 bridgehead atoms. The highest BCUT2D eigenvalue weighted by Crippen LogP contribution is 2.34. The molecule has 0 aliphatic carbocycles. The third-order valence-corrected chi connectivity index (χ3v) is 6.05. The zero-order valence-electron chi connectivity index (χ0n) is 17.1. The van der Waals surface area contributed by atoms with E-state index in [4.69, 9.17) is 9.47 Å². The largest absolute Gasteiger partial charge is 0.486 e. The fourth-order valence-corrected chi connectivity index (χ4v) is 4.13. The van der Waals surface area contributed by atoms with E-state index in [1.807, 2.05) is 32.0 Å². The highest BCUT2D eigenvalue weighted by atomic mass is 32.2. The topological polar surface area (TPSA) is 76.3 Å². The Kier molecular flexibility index (Phi) is 5.87. The Morgan fingerprint density at radius 3 is 2.58 bits per heavy atom. The number of hydrogen-bond donors (Lipinski definition) is 1. The van der Waals surface area contributed by atoms with Gasteiger partial charge >= 0.3 is 0 Å². The van der Waals surface area contributed by atoms with Gasteiger partial charge in [-0.2, -0.15) is 5.26 Å². The molecule has 158 valence electrons. The first-order chi connectivity index (χ1) is 15.0. The van der Waals surface area contributed by atoms with Crippen molar-refractivity contribution in [2.24, 2.45) is 0 Å². The van der Waals surface area contributed by atoms with Crippen LogP contribution >= 0.6 is 11.8 Å².